The number of hydrogen-bond acceptors (Lipinski definition) is 8. The summed E-state index contributed by atoms with van der Waals surface area (Å²) in [5.41, 5.74) is 1.78. The molecule has 2 heterocycles. The van der Waals surface area contributed by atoms with E-state index < -0.39 is 27.6 Å². The van der Waals surface area contributed by atoms with Crippen LogP contribution >= 0.6 is 0 Å². The Hall–Kier alpha value is -3.42. The molecular formula is C26H30F3N7O2S. The molecule has 3 aromatic rings. The molecule has 1 saturated carbocycles. The number of nitrogens with one attached hydrogen (secondary N) is 3. The van der Waals surface area contributed by atoms with Crippen LogP contribution in [0.15, 0.2) is 54.7 Å². The average molecular weight is 562 g/mol. The topological polar surface area (TPSA) is 102 Å². The van der Waals surface area contributed by atoms with Gasteiger partial charge in [-0.1, -0.05) is 12.1 Å². The Bertz CT molecular complexity index is 1390. The van der Waals surface area contributed by atoms with Crippen LogP contribution < -0.4 is 20.3 Å². The standard InChI is InChI=1S/C26H30F3N7O2S/c1-35-12-14-36(15-13-35)21-8-6-20(7-9-21)33-25-30-17-23(26(27,28)29)24(34-25)32-19-4-2-18(3-5-19)16-31-39(37,38)22-10-11-22/h2-9,17,22,31H,10-16H2,1H3,(H2,30,32,33,34). The number of rotatable bonds is 9. The van der Waals surface area contributed by atoms with E-state index in [1.165, 1.54) is 0 Å². The number of anilines is 5. The first kappa shape index (κ1) is 27.2. The van der Waals surface area contributed by atoms with Gasteiger partial charge < -0.3 is 20.4 Å². The summed E-state index contributed by atoms with van der Waals surface area (Å²) < 4.78 is 67.7. The fourth-order valence-electron chi connectivity index (χ4n) is 4.22. The predicted octanol–water partition coefficient (Wildman–Crippen LogP) is 4.32. The van der Waals surface area contributed by atoms with Gasteiger partial charge in [0.1, 0.15) is 11.4 Å². The highest BCUT2D eigenvalue weighted by atomic mass is 32.2. The summed E-state index contributed by atoms with van der Waals surface area (Å²) in [6.45, 7) is 3.94. The van der Waals surface area contributed by atoms with Gasteiger partial charge in [0.15, 0.2) is 0 Å². The Morgan fingerprint density at radius 3 is 2.15 bits per heavy atom. The van der Waals surface area contributed by atoms with Gasteiger partial charge in [0.25, 0.3) is 0 Å². The van der Waals surface area contributed by atoms with Crippen molar-refractivity contribution in [3.8, 4) is 0 Å². The van der Waals surface area contributed by atoms with Crippen LogP contribution in [-0.2, 0) is 22.7 Å². The summed E-state index contributed by atoms with van der Waals surface area (Å²) in [5, 5.41) is 5.38. The lowest BCUT2D eigenvalue weighted by molar-refractivity contribution is -0.137. The summed E-state index contributed by atoms with van der Waals surface area (Å²) in [6, 6.07) is 14.1. The van der Waals surface area contributed by atoms with Crippen LogP contribution in [-0.4, -0.2) is 61.8 Å². The van der Waals surface area contributed by atoms with Crippen molar-refractivity contribution < 1.29 is 21.6 Å². The van der Waals surface area contributed by atoms with E-state index >= 15 is 0 Å². The molecular weight excluding hydrogens is 531 g/mol. The quantitative estimate of drug-likeness (QED) is 0.355. The zero-order valence-corrected chi connectivity index (χ0v) is 22.2. The molecule has 2 fully saturated rings. The molecule has 1 aliphatic heterocycles. The number of hydrogen-bond donors (Lipinski definition) is 3. The molecule has 9 nitrogen and oxygen atoms in total. The molecule has 0 radical (unpaired) electrons. The lowest BCUT2D eigenvalue weighted by atomic mass is 10.2. The monoisotopic (exact) mass is 561 g/mol. The van der Waals surface area contributed by atoms with E-state index in [4.69, 9.17) is 0 Å². The molecule has 13 heteroatoms. The molecule has 2 aliphatic rings. The second kappa shape index (κ2) is 11.0. The summed E-state index contributed by atoms with van der Waals surface area (Å²) in [6.07, 6.45) is -2.59. The Kier molecular flexibility index (Phi) is 7.65. The Labute approximate surface area is 225 Å². The maximum atomic E-state index is 13.7. The van der Waals surface area contributed by atoms with E-state index in [0.717, 1.165) is 38.1 Å². The summed E-state index contributed by atoms with van der Waals surface area (Å²) in [4.78, 5) is 12.5. The maximum Gasteiger partial charge on any atom is 0.421 e. The highest BCUT2D eigenvalue weighted by Gasteiger charge is 2.36. The van der Waals surface area contributed by atoms with Crippen molar-refractivity contribution >= 4 is 38.9 Å². The first-order valence-corrected chi connectivity index (χ1v) is 14.2. The van der Waals surface area contributed by atoms with Crippen molar-refractivity contribution in [1.82, 2.24) is 19.6 Å². The molecule has 0 unspecified atom stereocenters. The van der Waals surface area contributed by atoms with Gasteiger partial charge in [-0.2, -0.15) is 18.2 Å². The second-order valence-electron chi connectivity index (χ2n) is 9.80. The smallest absolute Gasteiger partial charge is 0.369 e. The molecule has 0 bridgehead atoms. The Balaban J connectivity index is 1.27. The molecule has 39 heavy (non-hydrogen) atoms. The molecule has 0 atom stereocenters. The van der Waals surface area contributed by atoms with Crippen molar-refractivity contribution in [2.75, 3.05) is 48.8 Å². The lowest BCUT2D eigenvalue weighted by Gasteiger charge is -2.34. The van der Waals surface area contributed by atoms with Gasteiger partial charge >= 0.3 is 6.18 Å². The SMILES string of the molecule is CN1CCN(c2ccc(Nc3ncc(C(F)(F)F)c(Nc4ccc(CNS(=O)(=O)C5CC5)cc4)n3)cc2)CC1. The number of alkyl halides is 3. The van der Waals surface area contributed by atoms with Gasteiger partial charge in [-0.25, -0.2) is 18.1 Å². The number of likely N-dealkylation sites (N-methyl/N-ethyl adjacent to an activating group) is 1. The van der Waals surface area contributed by atoms with Gasteiger partial charge in [0.05, 0.1) is 5.25 Å². The molecule has 3 N–H and O–H groups in total. The van der Waals surface area contributed by atoms with E-state index in [2.05, 4.69) is 42.2 Å². The minimum Gasteiger partial charge on any atom is -0.369 e. The van der Waals surface area contributed by atoms with Crippen LogP contribution in [0.5, 0.6) is 0 Å². The van der Waals surface area contributed by atoms with E-state index in [-0.39, 0.29) is 17.7 Å². The van der Waals surface area contributed by atoms with Crippen molar-refractivity contribution in [1.29, 1.82) is 0 Å². The number of piperazine rings is 1. The first-order chi connectivity index (χ1) is 18.6. The molecule has 1 aliphatic carbocycles. The summed E-state index contributed by atoms with van der Waals surface area (Å²) in [5.74, 6) is -0.375. The third-order valence-corrected chi connectivity index (χ3v) is 8.64. The molecule has 208 valence electrons. The van der Waals surface area contributed by atoms with Gasteiger partial charge in [-0.05, 0) is 61.9 Å². The predicted molar refractivity (Wildman–Crippen MR) is 145 cm³/mol. The number of sulfonamides is 1. The average Bonchev–Trinajstić information content (AvgIpc) is 3.76. The summed E-state index contributed by atoms with van der Waals surface area (Å²) >= 11 is 0. The fraction of sp³-hybridized carbons (Fsp3) is 0.385. The maximum absolute atomic E-state index is 13.7. The third-order valence-electron chi connectivity index (χ3n) is 6.74. The second-order valence-corrected chi connectivity index (χ2v) is 11.8. The van der Waals surface area contributed by atoms with Crippen LogP contribution in [0.4, 0.5) is 42.0 Å². The highest BCUT2D eigenvalue weighted by Crippen LogP contribution is 2.35. The zero-order valence-electron chi connectivity index (χ0n) is 21.4. The number of aromatic nitrogens is 2. The number of nitrogens with zero attached hydrogens (tertiary/aromatic N) is 4. The van der Waals surface area contributed by atoms with Gasteiger partial charge in [0, 0.05) is 56.0 Å². The van der Waals surface area contributed by atoms with Gasteiger partial charge in [-0.3, -0.25) is 0 Å². The fourth-order valence-corrected chi connectivity index (χ4v) is 5.58. The van der Waals surface area contributed by atoms with Crippen molar-refractivity contribution in [3.63, 3.8) is 0 Å². The van der Waals surface area contributed by atoms with Crippen LogP contribution in [0, 0.1) is 0 Å². The molecule has 1 saturated heterocycles. The van der Waals surface area contributed by atoms with Crippen LogP contribution in [0.1, 0.15) is 24.0 Å². The molecule has 0 amide bonds. The molecule has 2 aromatic carbocycles. The number of benzene rings is 2. The Morgan fingerprint density at radius 1 is 0.923 bits per heavy atom. The van der Waals surface area contributed by atoms with Gasteiger partial charge in [-0.15, -0.1) is 0 Å². The van der Waals surface area contributed by atoms with Crippen molar-refractivity contribution in [2.24, 2.45) is 0 Å². The van der Waals surface area contributed by atoms with E-state index in [0.29, 0.717) is 29.8 Å². The Morgan fingerprint density at radius 2 is 1.54 bits per heavy atom. The lowest BCUT2D eigenvalue weighted by Crippen LogP contribution is -2.44. The molecule has 0 spiro atoms. The zero-order chi connectivity index (χ0) is 27.6. The van der Waals surface area contributed by atoms with E-state index in [1.54, 1.807) is 24.3 Å². The minimum absolute atomic E-state index is 0.0175. The van der Waals surface area contributed by atoms with Gasteiger partial charge in [0.2, 0.25) is 16.0 Å². The van der Waals surface area contributed by atoms with Crippen LogP contribution in [0.25, 0.3) is 0 Å². The van der Waals surface area contributed by atoms with Crippen molar-refractivity contribution in [3.05, 3.63) is 65.9 Å². The van der Waals surface area contributed by atoms with E-state index in [1.807, 2.05) is 24.3 Å². The van der Waals surface area contributed by atoms with Crippen molar-refractivity contribution in [2.45, 2.75) is 30.8 Å². The minimum atomic E-state index is -4.66. The normalized spacial score (nSPS) is 16.8. The van der Waals surface area contributed by atoms with Crippen LogP contribution in [0.3, 0.4) is 0 Å². The number of halogens is 3. The third kappa shape index (κ3) is 6.97. The molecule has 1 aromatic heterocycles. The highest BCUT2D eigenvalue weighted by molar-refractivity contribution is 7.90. The summed E-state index contributed by atoms with van der Waals surface area (Å²) in [7, 11) is -1.23. The first-order valence-electron chi connectivity index (χ1n) is 12.7. The van der Waals surface area contributed by atoms with Crippen LogP contribution in [0.2, 0.25) is 0 Å². The van der Waals surface area contributed by atoms with E-state index in [9.17, 15) is 21.6 Å². The largest absolute Gasteiger partial charge is 0.421 e. The molecule has 5 rings (SSSR count).